The zero-order chi connectivity index (χ0) is 21.7. The molecule has 0 saturated carbocycles. The van der Waals surface area contributed by atoms with Crippen LogP contribution in [-0.4, -0.2) is 42.1 Å². The number of carbonyl (C=O) groups is 2. The number of carbonyl (C=O) groups excluding carboxylic acids is 2. The van der Waals surface area contributed by atoms with Crippen LogP contribution >= 0.6 is 0 Å². The Bertz CT molecular complexity index is 737. The molecular weight excluding hydrogens is 385 g/mol. The highest BCUT2D eigenvalue weighted by Gasteiger charge is 2.30. The summed E-state index contributed by atoms with van der Waals surface area (Å²) in [5, 5.41) is 2.78. The molecule has 8 heteroatoms. The van der Waals surface area contributed by atoms with E-state index >= 15 is 0 Å². The van der Waals surface area contributed by atoms with Gasteiger partial charge in [0.1, 0.15) is 5.60 Å². The predicted octanol–water partition coefficient (Wildman–Crippen LogP) is 4.48. The summed E-state index contributed by atoms with van der Waals surface area (Å²) in [6, 6.07) is 4.58. The van der Waals surface area contributed by atoms with Gasteiger partial charge >= 0.3 is 12.3 Å². The third-order valence-corrected chi connectivity index (χ3v) is 4.40. The van der Waals surface area contributed by atoms with Crippen molar-refractivity contribution >= 4 is 18.1 Å². The van der Waals surface area contributed by atoms with Gasteiger partial charge in [-0.05, 0) is 63.3 Å². The summed E-state index contributed by atoms with van der Waals surface area (Å²) in [6.07, 6.45) is -0.257. The molecule has 1 atom stereocenters. The van der Waals surface area contributed by atoms with Crippen molar-refractivity contribution in [2.75, 3.05) is 19.6 Å². The van der Waals surface area contributed by atoms with Crippen LogP contribution in [0.4, 0.5) is 18.0 Å². The average Bonchev–Trinajstić information content (AvgIpc) is 2.63. The van der Waals surface area contributed by atoms with E-state index in [0.717, 1.165) is 25.0 Å². The molecule has 1 aromatic carbocycles. The van der Waals surface area contributed by atoms with E-state index in [1.807, 2.05) is 20.8 Å². The van der Waals surface area contributed by atoms with E-state index in [1.165, 1.54) is 24.3 Å². The van der Waals surface area contributed by atoms with Crippen LogP contribution in [0.3, 0.4) is 0 Å². The van der Waals surface area contributed by atoms with Gasteiger partial charge in [-0.25, -0.2) is 4.79 Å². The lowest BCUT2D eigenvalue weighted by molar-refractivity contribution is -0.137. The first-order valence-corrected chi connectivity index (χ1v) is 9.55. The van der Waals surface area contributed by atoms with Crippen LogP contribution in [0.25, 0.3) is 6.08 Å². The number of hydrogen-bond acceptors (Lipinski definition) is 3. The minimum Gasteiger partial charge on any atom is -0.444 e. The van der Waals surface area contributed by atoms with Gasteiger partial charge in [-0.1, -0.05) is 12.1 Å². The molecule has 0 bridgehead atoms. The highest BCUT2D eigenvalue weighted by molar-refractivity contribution is 5.91. The number of alkyl halides is 3. The van der Waals surface area contributed by atoms with Crippen LogP contribution in [0.15, 0.2) is 30.3 Å². The van der Waals surface area contributed by atoms with Crippen molar-refractivity contribution in [1.29, 1.82) is 0 Å². The molecule has 160 valence electrons. The number of nitrogens with one attached hydrogen (secondary N) is 1. The third kappa shape index (κ3) is 7.79. The first-order valence-electron chi connectivity index (χ1n) is 9.55. The molecule has 2 amide bonds. The largest absolute Gasteiger partial charge is 0.444 e. The van der Waals surface area contributed by atoms with Gasteiger partial charge in [0.15, 0.2) is 0 Å². The highest BCUT2D eigenvalue weighted by atomic mass is 19.4. The molecule has 0 radical (unpaired) electrons. The van der Waals surface area contributed by atoms with Crippen LogP contribution in [0.5, 0.6) is 0 Å². The highest BCUT2D eigenvalue weighted by Crippen LogP contribution is 2.29. The Morgan fingerprint density at radius 1 is 1.21 bits per heavy atom. The molecular formula is C21H27F3N2O3. The minimum atomic E-state index is -4.38. The molecule has 2 rings (SSSR count). The molecule has 0 aromatic heterocycles. The van der Waals surface area contributed by atoms with Crippen LogP contribution in [0, 0.1) is 5.92 Å². The average molecular weight is 412 g/mol. The Morgan fingerprint density at radius 2 is 1.86 bits per heavy atom. The number of piperidine rings is 1. The smallest absolute Gasteiger partial charge is 0.416 e. The number of likely N-dealkylation sites (tertiary alicyclic amines) is 1. The van der Waals surface area contributed by atoms with Gasteiger partial charge < -0.3 is 15.0 Å². The van der Waals surface area contributed by atoms with Crippen molar-refractivity contribution in [2.24, 2.45) is 5.92 Å². The molecule has 1 heterocycles. The van der Waals surface area contributed by atoms with Crippen molar-refractivity contribution in [3.8, 4) is 0 Å². The van der Waals surface area contributed by atoms with Gasteiger partial charge in [0.05, 0.1) is 5.56 Å². The standard InChI is InChI=1S/C21H27F3N2O3/c1-20(2,3)29-19(28)26-12-4-5-16(14-26)13-25-18(27)11-8-15-6-9-17(10-7-15)21(22,23)24/h6-11,16H,4-5,12-14H2,1-3H3,(H,25,27). The lowest BCUT2D eigenvalue weighted by atomic mass is 9.98. The number of benzene rings is 1. The minimum absolute atomic E-state index is 0.125. The normalized spacial score (nSPS) is 18.0. The van der Waals surface area contributed by atoms with Crippen molar-refractivity contribution in [2.45, 2.75) is 45.4 Å². The van der Waals surface area contributed by atoms with Crippen LogP contribution in [0.1, 0.15) is 44.7 Å². The number of halogens is 3. The zero-order valence-electron chi connectivity index (χ0n) is 16.9. The maximum atomic E-state index is 12.6. The number of hydrogen-bond donors (Lipinski definition) is 1. The molecule has 1 N–H and O–H groups in total. The fraction of sp³-hybridized carbons (Fsp3) is 0.524. The lowest BCUT2D eigenvalue weighted by Crippen LogP contribution is -2.45. The van der Waals surface area contributed by atoms with E-state index in [4.69, 9.17) is 4.74 Å². The van der Waals surface area contributed by atoms with Gasteiger partial charge in [0.2, 0.25) is 5.91 Å². The van der Waals surface area contributed by atoms with Crippen molar-refractivity contribution in [1.82, 2.24) is 10.2 Å². The number of nitrogens with zero attached hydrogens (tertiary/aromatic N) is 1. The van der Waals surface area contributed by atoms with Gasteiger partial charge in [-0.2, -0.15) is 13.2 Å². The quantitative estimate of drug-likeness (QED) is 0.742. The molecule has 1 unspecified atom stereocenters. The molecule has 29 heavy (non-hydrogen) atoms. The summed E-state index contributed by atoms with van der Waals surface area (Å²) < 4.78 is 43.1. The fourth-order valence-electron chi connectivity index (χ4n) is 2.98. The molecule has 1 fully saturated rings. The first kappa shape index (κ1) is 22.8. The second-order valence-corrected chi connectivity index (χ2v) is 8.13. The summed E-state index contributed by atoms with van der Waals surface area (Å²) in [4.78, 5) is 25.8. The molecule has 1 aliphatic heterocycles. The third-order valence-electron chi connectivity index (χ3n) is 4.40. The summed E-state index contributed by atoms with van der Waals surface area (Å²) in [6.45, 7) is 7.00. The molecule has 1 aliphatic rings. The fourth-order valence-corrected chi connectivity index (χ4v) is 2.98. The Kier molecular flexibility index (Phi) is 7.32. The predicted molar refractivity (Wildman–Crippen MR) is 104 cm³/mol. The molecule has 1 aromatic rings. The van der Waals surface area contributed by atoms with Gasteiger partial charge in [0.25, 0.3) is 0 Å². The Labute approximate surface area is 168 Å². The monoisotopic (exact) mass is 412 g/mol. The number of ether oxygens (including phenoxy) is 1. The second kappa shape index (κ2) is 9.33. The van der Waals surface area contributed by atoms with E-state index in [-0.39, 0.29) is 17.9 Å². The second-order valence-electron chi connectivity index (χ2n) is 8.13. The number of amides is 2. The van der Waals surface area contributed by atoms with Crippen molar-refractivity contribution in [3.05, 3.63) is 41.5 Å². The molecule has 0 spiro atoms. The maximum Gasteiger partial charge on any atom is 0.416 e. The zero-order valence-corrected chi connectivity index (χ0v) is 16.9. The van der Waals surface area contributed by atoms with Crippen LogP contribution in [-0.2, 0) is 15.7 Å². The summed E-state index contributed by atoms with van der Waals surface area (Å²) in [5.41, 5.74) is -0.783. The summed E-state index contributed by atoms with van der Waals surface area (Å²) in [5.74, 6) is -0.209. The Balaban J connectivity index is 1.81. The van der Waals surface area contributed by atoms with Gasteiger partial charge in [-0.3, -0.25) is 4.79 Å². The molecule has 1 saturated heterocycles. The number of rotatable bonds is 4. The van der Waals surface area contributed by atoms with Crippen LogP contribution < -0.4 is 5.32 Å². The van der Waals surface area contributed by atoms with E-state index in [1.54, 1.807) is 4.90 Å². The first-order chi connectivity index (χ1) is 13.4. The SMILES string of the molecule is CC(C)(C)OC(=O)N1CCCC(CNC(=O)C=Cc2ccc(C(F)(F)F)cc2)C1. The Hall–Kier alpha value is -2.51. The maximum absolute atomic E-state index is 12.6. The summed E-state index contributed by atoms with van der Waals surface area (Å²) in [7, 11) is 0. The van der Waals surface area contributed by atoms with E-state index < -0.39 is 17.3 Å². The Morgan fingerprint density at radius 3 is 2.45 bits per heavy atom. The van der Waals surface area contributed by atoms with Gasteiger partial charge in [-0.15, -0.1) is 0 Å². The van der Waals surface area contributed by atoms with E-state index in [9.17, 15) is 22.8 Å². The summed E-state index contributed by atoms with van der Waals surface area (Å²) >= 11 is 0. The van der Waals surface area contributed by atoms with E-state index in [0.29, 0.717) is 25.2 Å². The van der Waals surface area contributed by atoms with Crippen molar-refractivity contribution < 1.29 is 27.5 Å². The topological polar surface area (TPSA) is 58.6 Å². The van der Waals surface area contributed by atoms with E-state index in [2.05, 4.69) is 5.32 Å². The lowest BCUT2D eigenvalue weighted by Gasteiger charge is -2.34. The van der Waals surface area contributed by atoms with Crippen molar-refractivity contribution in [3.63, 3.8) is 0 Å². The van der Waals surface area contributed by atoms with Gasteiger partial charge in [0, 0.05) is 25.7 Å². The molecule has 0 aliphatic carbocycles. The van der Waals surface area contributed by atoms with Crippen LogP contribution in [0.2, 0.25) is 0 Å². The molecule has 5 nitrogen and oxygen atoms in total.